The summed E-state index contributed by atoms with van der Waals surface area (Å²) in [5, 5.41) is 10.6. The molecule has 21 nitrogen and oxygen atoms in total. The number of urea groups is 1. The Labute approximate surface area is 414 Å². The van der Waals surface area contributed by atoms with Crippen molar-refractivity contribution < 1.29 is 64.5 Å². The van der Waals surface area contributed by atoms with Gasteiger partial charge in [-0.15, -0.1) is 6.42 Å². The van der Waals surface area contributed by atoms with Crippen LogP contribution in [0.1, 0.15) is 39.5 Å². The number of halogens is 3. The van der Waals surface area contributed by atoms with Gasteiger partial charge >= 0.3 is 12.0 Å². The second kappa shape index (κ2) is 22.4. The summed E-state index contributed by atoms with van der Waals surface area (Å²) in [6, 6.07) is 13.7. The molecule has 0 spiro atoms. The third-order valence-corrected chi connectivity index (χ3v) is 13.9. The fourth-order valence-corrected chi connectivity index (χ4v) is 9.90. The van der Waals surface area contributed by atoms with Crippen LogP contribution < -0.4 is 33.9 Å². The van der Waals surface area contributed by atoms with E-state index in [-0.39, 0.29) is 45.6 Å². The van der Waals surface area contributed by atoms with Crippen molar-refractivity contribution in [1.29, 1.82) is 0 Å². The molecule has 1 unspecified atom stereocenters. The van der Waals surface area contributed by atoms with Crippen LogP contribution in [0.15, 0.2) is 94.3 Å². The van der Waals surface area contributed by atoms with Crippen LogP contribution in [0, 0.1) is 18.2 Å². The van der Waals surface area contributed by atoms with Crippen LogP contribution in [0.25, 0.3) is 16.6 Å². The van der Waals surface area contributed by atoms with Crippen molar-refractivity contribution >= 4 is 95.1 Å². The van der Waals surface area contributed by atoms with E-state index in [1.165, 1.54) is 51.6 Å². The molecule has 8 rings (SSSR count). The van der Waals surface area contributed by atoms with E-state index >= 15 is 0 Å². The molecule has 26 heteroatoms. The van der Waals surface area contributed by atoms with Crippen molar-refractivity contribution in [3.63, 3.8) is 0 Å². The molecule has 1 aliphatic carbocycles. The Morgan fingerprint density at radius 2 is 1.58 bits per heavy atom. The van der Waals surface area contributed by atoms with Crippen LogP contribution in [-0.2, 0) is 34.2 Å². The fourth-order valence-electron chi connectivity index (χ4n) is 6.83. The maximum atomic E-state index is 14.4. The third-order valence-electron chi connectivity index (χ3n) is 10.1. The molecule has 3 N–H and O–H groups in total. The number of carboxylic acid groups (broad SMARTS) is 1. The van der Waals surface area contributed by atoms with Crippen molar-refractivity contribution in [2.45, 2.75) is 55.7 Å². The molecule has 6 aromatic rings. The van der Waals surface area contributed by atoms with Crippen molar-refractivity contribution in [2.24, 2.45) is 0 Å². The molecule has 5 heterocycles. The number of terminal acetylenes is 1. The van der Waals surface area contributed by atoms with Gasteiger partial charge in [-0.25, -0.2) is 37.0 Å². The van der Waals surface area contributed by atoms with Gasteiger partial charge in [0.05, 0.1) is 41.8 Å². The standard InChI is InChI=1S/C18H15ClFNO3.C16H18N6O7S2.C11H8ClNO3/c1-3-10(2)24-16-9-15(14(20)8-13(16)19)21-17(22)11-6-4-5-7-12(11)18(21)23;1-4-30(24,25)13-14(22-8-6-5-7-10(22)17-13)31(26,27)21-16(23)20-15-18-11(28-2)9-12(19-15)29-3;12-8-3-4-9(16-6-10(14)15)11-7(8)2-1-5-13-11/h1,8-10H,4-7H2,2H3;5-9H,4H2,1-3H3,(H2,18,19,20,21,23);1-5H,6H2,(H,14,15). The molecule has 0 radical (unpaired) electrons. The van der Waals surface area contributed by atoms with E-state index in [0.29, 0.717) is 40.3 Å². The van der Waals surface area contributed by atoms with Crippen LogP contribution in [0.4, 0.5) is 20.8 Å². The molecule has 372 valence electrons. The number of sulfone groups is 1. The Morgan fingerprint density at radius 3 is 2.18 bits per heavy atom. The van der Waals surface area contributed by atoms with E-state index in [1.54, 1.807) is 48.2 Å². The Morgan fingerprint density at radius 1 is 0.915 bits per heavy atom. The fraction of sp³-hybridized carbons (Fsp3) is 0.244. The Hall–Kier alpha value is -7.59. The van der Waals surface area contributed by atoms with E-state index in [4.69, 9.17) is 53.7 Å². The van der Waals surface area contributed by atoms with Crippen LogP contribution >= 0.6 is 23.2 Å². The summed E-state index contributed by atoms with van der Waals surface area (Å²) in [7, 11) is -6.04. The minimum Gasteiger partial charge on any atom is -0.481 e. The van der Waals surface area contributed by atoms with Crippen LogP contribution in [0.2, 0.25) is 10.0 Å². The number of aliphatic carboxylic acids is 1. The predicted octanol–water partition coefficient (Wildman–Crippen LogP) is 6.42. The predicted molar refractivity (Wildman–Crippen MR) is 256 cm³/mol. The lowest BCUT2D eigenvalue weighted by molar-refractivity contribution is -0.139. The highest BCUT2D eigenvalue weighted by molar-refractivity contribution is 7.93. The summed E-state index contributed by atoms with van der Waals surface area (Å²) >= 11 is 12.0. The number of rotatable bonds is 13. The first-order chi connectivity index (χ1) is 33.7. The number of ether oxygens (including phenoxy) is 4. The van der Waals surface area contributed by atoms with Crippen molar-refractivity contribution in [3.8, 4) is 35.6 Å². The molecule has 71 heavy (non-hydrogen) atoms. The summed E-state index contributed by atoms with van der Waals surface area (Å²) in [5.74, 6) is -0.374. The lowest BCUT2D eigenvalue weighted by atomic mass is 9.93. The highest BCUT2D eigenvalue weighted by Crippen LogP contribution is 2.40. The molecule has 0 saturated carbocycles. The van der Waals surface area contributed by atoms with Gasteiger partial charge in [0.25, 0.3) is 21.8 Å². The maximum absolute atomic E-state index is 14.4. The average Bonchev–Trinajstić information content (AvgIpc) is 3.88. The first kappa shape index (κ1) is 52.8. The van der Waals surface area contributed by atoms with Gasteiger partial charge in [-0.3, -0.25) is 24.3 Å². The minimum absolute atomic E-state index is 0.0233. The summed E-state index contributed by atoms with van der Waals surface area (Å²) in [5.41, 5.74) is 1.45. The van der Waals surface area contributed by atoms with Crippen LogP contribution in [0.5, 0.6) is 23.3 Å². The number of benzene rings is 2. The second-order valence-corrected chi connectivity index (χ2v) is 19.4. The third kappa shape index (κ3) is 12.1. The molecule has 0 bridgehead atoms. The van der Waals surface area contributed by atoms with Crippen molar-refractivity contribution in [3.05, 3.63) is 100 Å². The molecule has 0 fully saturated rings. The number of sulfonamides is 1. The number of hydrogen-bond donors (Lipinski definition) is 3. The number of hydrogen-bond acceptors (Lipinski definition) is 16. The molecule has 0 saturated heterocycles. The van der Waals surface area contributed by atoms with Gasteiger partial charge in [0.2, 0.25) is 17.7 Å². The number of methoxy groups -OCH3 is 2. The zero-order valence-corrected chi connectivity index (χ0v) is 41.0. The zero-order chi connectivity index (χ0) is 51.8. The number of aromatic nitrogens is 5. The van der Waals surface area contributed by atoms with Gasteiger partial charge in [0.1, 0.15) is 28.5 Å². The number of carboxylic acids is 1. The highest BCUT2D eigenvalue weighted by Gasteiger charge is 2.41. The molecule has 1 atom stereocenters. The van der Waals surface area contributed by atoms with Gasteiger partial charge < -0.3 is 24.1 Å². The van der Waals surface area contributed by atoms with Crippen molar-refractivity contribution in [2.75, 3.05) is 36.8 Å². The maximum Gasteiger partial charge on any atom is 0.341 e. The lowest BCUT2D eigenvalue weighted by Crippen LogP contribution is -2.36. The van der Waals surface area contributed by atoms with E-state index in [9.17, 15) is 40.4 Å². The number of pyridine rings is 2. The van der Waals surface area contributed by atoms with E-state index in [0.717, 1.165) is 33.6 Å². The molecule has 1 aliphatic heterocycles. The first-order valence-electron chi connectivity index (χ1n) is 20.8. The van der Waals surface area contributed by atoms with Gasteiger partial charge in [0, 0.05) is 35.0 Å². The molecule has 2 aliphatic rings. The first-order valence-corrected chi connectivity index (χ1v) is 24.7. The molecule has 2 aromatic carbocycles. The summed E-state index contributed by atoms with van der Waals surface area (Å²) < 4.78 is 88.4. The van der Waals surface area contributed by atoms with Gasteiger partial charge in [0.15, 0.2) is 32.6 Å². The number of carbonyl (C=O) groups is 4. The van der Waals surface area contributed by atoms with Crippen molar-refractivity contribution in [1.82, 2.24) is 29.1 Å². The number of nitrogens with zero attached hydrogens (tertiary/aromatic N) is 6. The second-order valence-electron chi connectivity index (χ2n) is 14.8. The average molecular weight is 1060 g/mol. The van der Waals surface area contributed by atoms with E-state index < -0.39 is 72.3 Å². The highest BCUT2D eigenvalue weighted by atomic mass is 35.5. The molecule has 4 aromatic heterocycles. The Kier molecular flexibility index (Phi) is 16.7. The largest absolute Gasteiger partial charge is 0.481 e. The van der Waals surface area contributed by atoms with Gasteiger partial charge in [-0.05, 0) is 75.1 Å². The molecular weight excluding hydrogens is 1010 g/mol. The minimum atomic E-state index is -4.68. The number of imidazole rings is 1. The normalized spacial score (nSPS) is 13.7. The monoisotopic (exact) mass is 1050 g/mol. The molecule has 4 amide bonds. The Balaban J connectivity index is 0.000000183. The van der Waals surface area contributed by atoms with Gasteiger partial charge in [-0.1, -0.05) is 42.1 Å². The van der Waals surface area contributed by atoms with Crippen LogP contribution in [0.3, 0.4) is 0 Å². The van der Waals surface area contributed by atoms with Crippen LogP contribution in [-0.4, -0.2) is 103 Å². The number of nitrogens with one attached hydrogen (secondary N) is 2. The SMILES string of the molecule is C#CC(C)Oc1cc(N2C(=O)C3=C(CCCC3)C2=O)c(F)cc1Cl.CCS(=O)(=O)c1nc2ccccn2c1S(=O)(=O)NC(=O)Nc1nc(OC)cc(OC)n1.O=C(O)COc1ccc(Cl)c2cccnc12. The summed E-state index contributed by atoms with van der Waals surface area (Å²) in [4.78, 5) is 64.5. The van der Waals surface area contributed by atoms with E-state index in [2.05, 4.69) is 31.2 Å². The lowest BCUT2D eigenvalue weighted by Gasteiger charge is -2.19. The summed E-state index contributed by atoms with van der Waals surface area (Å²) in [6.45, 7) is 2.59. The van der Waals surface area contributed by atoms with Gasteiger partial charge in [-0.2, -0.15) is 18.4 Å². The number of carbonyl (C=O) groups excluding carboxylic acids is 3. The zero-order valence-electron chi connectivity index (χ0n) is 37.8. The number of amides is 4. The summed E-state index contributed by atoms with van der Waals surface area (Å²) in [6.07, 6.45) is 10.4. The number of anilines is 2. The van der Waals surface area contributed by atoms with E-state index in [1.807, 2.05) is 0 Å². The number of imide groups is 1. The number of fused-ring (bicyclic) bond motifs is 2. The quantitative estimate of drug-likeness (QED) is 0.0831. The smallest absolute Gasteiger partial charge is 0.341 e. The molecular formula is C45H41Cl2FN8O13S2. The Bertz CT molecular complexity index is 3340. The topological polar surface area (TPSA) is 277 Å².